The Morgan fingerprint density at radius 1 is 1.38 bits per heavy atom. The lowest BCUT2D eigenvalue weighted by Gasteiger charge is -2.42. The lowest BCUT2D eigenvalue weighted by Crippen LogP contribution is -2.56. The molecule has 1 amide bonds. The zero-order valence-electron chi connectivity index (χ0n) is 14.5. The van der Waals surface area contributed by atoms with Crippen LogP contribution in [0.1, 0.15) is 15.9 Å². The van der Waals surface area contributed by atoms with Gasteiger partial charge in [0.1, 0.15) is 11.4 Å². The molecule has 2 aromatic rings. The van der Waals surface area contributed by atoms with E-state index in [-0.39, 0.29) is 37.9 Å². The second-order valence-corrected chi connectivity index (χ2v) is 6.27. The van der Waals surface area contributed by atoms with Crippen molar-refractivity contribution in [3.8, 4) is 5.88 Å². The minimum Gasteiger partial charge on any atom is -0.481 e. The van der Waals surface area contributed by atoms with E-state index in [4.69, 9.17) is 9.47 Å². The highest BCUT2D eigenvalue weighted by Crippen LogP contribution is 2.25. The fraction of sp³-hybridized carbons (Fsp3) is 0.368. The molecular weight excluding hydrogens is 339 g/mol. The van der Waals surface area contributed by atoms with E-state index >= 15 is 0 Å². The number of pyridine rings is 1. The van der Waals surface area contributed by atoms with E-state index < -0.39 is 5.60 Å². The number of ether oxygens (including phenoxy) is 2. The molecule has 2 heterocycles. The number of carbonyl (C=O) groups excluding carboxylic acids is 1. The van der Waals surface area contributed by atoms with Gasteiger partial charge in [-0.25, -0.2) is 9.37 Å². The van der Waals surface area contributed by atoms with Gasteiger partial charge in [0.15, 0.2) is 0 Å². The smallest absolute Gasteiger partial charge is 0.255 e. The highest BCUT2D eigenvalue weighted by atomic mass is 19.1. The van der Waals surface area contributed by atoms with Crippen LogP contribution in [-0.2, 0) is 11.2 Å². The Morgan fingerprint density at radius 3 is 2.85 bits per heavy atom. The number of hydrogen-bond acceptors (Lipinski definition) is 5. The van der Waals surface area contributed by atoms with Gasteiger partial charge in [0.25, 0.3) is 5.91 Å². The maximum Gasteiger partial charge on any atom is 0.255 e. The van der Waals surface area contributed by atoms with Crippen molar-refractivity contribution in [3.05, 3.63) is 59.5 Å². The molecule has 26 heavy (non-hydrogen) atoms. The van der Waals surface area contributed by atoms with Crippen molar-refractivity contribution in [1.29, 1.82) is 0 Å². The highest BCUT2D eigenvalue weighted by molar-refractivity contribution is 5.94. The standard InChI is InChI=1S/C19H21FN2O4/c1-25-17-7-6-15(11-21-17)18(24)22-8-9-26-19(12-22,13-23)10-14-4-2-3-5-16(14)20/h2-7,11,23H,8-10,12-13H2,1H3. The summed E-state index contributed by atoms with van der Waals surface area (Å²) in [5.41, 5.74) is -0.164. The summed E-state index contributed by atoms with van der Waals surface area (Å²) in [5, 5.41) is 9.92. The van der Waals surface area contributed by atoms with Crippen LogP contribution in [0.3, 0.4) is 0 Å². The Kier molecular flexibility index (Phi) is 5.49. The first-order valence-corrected chi connectivity index (χ1v) is 8.34. The predicted molar refractivity (Wildman–Crippen MR) is 92.6 cm³/mol. The van der Waals surface area contributed by atoms with Gasteiger partial charge in [-0.05, 0) is 17.7 Å². The second kappa shape index (κ2) is 7.80. The Bertz CT molecular complexity index is 768. The molecule has 1 aromatic heterocycles. The average Bonchev–Trinajstić information content (AvgIpc) is 2.69. The Morgan fingerprint density at radius 2 is 2.19 bits per heavy atom. The summed E-state index contributed by atoms with van der Waals surface area (Å²) in [4.78, 5) is 18.4. The topological polar surface area (TPSA) is 71.9 Å². The molecule has 1 unspecified atom stereocenters. The minimum absolute atomic E-state index is 0.169. The molecule has 7 heteroatoms. The van der Waals surface area contributed by atoms with Gasteiger partial charge < -0.3 is 19.5 Å². The molecule has 1 N–H and O–H groups in total. The zero-order valence-corrected chi connectivity index (χ0v) is 14.5. The molecule has 0 radical (unpaired) electrons. The van der Waals surface area contributed by atoms with Gasteiger partial charge in [-0.15, -0.1) is 0 Å². The predicted octanol–water partition coefficient (Wildman–Crippen LogP) is 1.68. The zero-order chi connectivity index (χ0) is 18.6. The minimum atomic E-state index is -1.03. The first kappa shape index (κ1) is 18.3. The van der Waals surface area contributed by atoms with Crippen molar-refractivity contribution < 1.29 is 23.8 Å². The third-order valence-electron chi connectivity index (χ3n) is 4.49. The summed E-state index contributed by atoms with van der Waals surface area (Å²) in [6.45, 7) is 0.517. The maximum absolute atomic E-state index is 14.0. The van der Waals surface area contributed by atoms with Gasteiger partial charge in [-0.3, -0.25) is 4.79 Å². The molecule has 1 aromatic carbocycles. The maximum atomic E-state index is 14.0. The number of benzene rings is 1. The van der Waals surface area contributed by atoms with E-state index in [2.05, 4.69) is 4.98 Å². The van der Waals surface area contributed by atoms with E-state index in [1.807, 2.05) is 0 Å². The monoisotopic (exact) mass is 360 g/mol. The van der Waals surface area contributed by atoms with Crippen LogP contribution >= 0.6 is 0 Å². The van der Waals surface area contributed by atoms with Crippen LogP contribution in [0.5, 0.6) is 5.88 Å². The molecule has 1 saturated heterocycles. The number of halogens is 1. The van der Waals surface area contributed by atoms with Gasteiger partial charge in [-0.2, -0.15) is 0 Å². The number of morpholine rings is 1. The molecular formula is C19H21FN2O4. The van der Waals surface area contributed by atoms with Gasteiger partial charge in [0, 0.05) is 25.2 Å². The van der Waals surface area contributed by atoms with Crippen molar-refractivity contribution in [3.63, 3.8) is 0 Å². The fourth-order valence-electron chi connectivity index (χ4n) is 3.08. The first-order chi connectivity index (χ1) is 12.6. The fourth-order valence-corrected chi connectivity index (χ4v) is 3.08. The largest absolute Gasteiger partial charge is 0.481 e. The lowest BCUT2D eigenvalue weighted by molar-refractivity contribution is -0.123. The van der Waals surface area contributed by atoms with Crippen molar-refractivity contribution >= 4 is 5.91 Å². The number of methoxy groups -OCH3 is 1. The lowest BCUT2D eigenvalue weighted by atomic mass is 9.92. The van der Waals surface area contributed by atoms with Crippen LogP contribution in [0.2, 0.25) is 0 Å². The number of aliphatic hydroxyl groups excluding tert-OH is 1. The molecule has 1 atom stereocenters. The average molecular weight is 360 g/mol. The number of nitrogens with zero attached hydrogens (tertiary/aromatic N) is 2. The highest BCUT2D eigenvalue weighted by Gasteiger charge is 2.39. The number of aliphatic hydroxyl groups is 1. The van der Waals surface area contributed by atoms with Gasteiger partial charge in [0.2, 0.25) is 5.88 Å². The van der Waals surface area contributed by atoms with Crippen molar-refractivity contribution in [1.82, 2.24) is 9.88 Å². The second-order valence-electron chi connectivity index (χ2n) is 6.27. The first-order valence-electron chi connectivity index (χ1n) is 8.34. The summed E-state index contributed by atoms with van der Waals surface area (Å²) in [7, 11) is 1.50. The molecule has 3 rings (SSSR count). The summed E-state index contributed by atoms with van der Waals surface area (Å²) in [6, 6.07) is 9.63. The third kappa shape index (κ3) is 3.84. The van der Waals surface area contributed by atoms with E-state index in [0.29, 0.717) is 23.6 Å². The van der Waals surface area contributed by atoms with Crippen LogP contribution in [0.25, 0.3) is 0 Å². The van der Waals surface area contributed by atoms with Crippen LogP contribution < -0.4 is 4.74 Å². The van der Waals surface area contributed by atoms with Crippen molar-refractivity contribution in [2.24, 2.45) is 0 Å². The van der Waals surface area contributed by atoms with E-state index in [1.165, 1.54) is 19.4 Å². The van der Waals surface area contributed by atoms with Crippen molar-refractivity contribution in [2.45, 2.75) is 12.0 Å². The van der Waals surface area contributed by atoms with Gasteiger partial charge in [0.05, 0.1) is 32.4 Å². The summed E-state index contributed by atoms with van der Waals surface area (Å²) >= 11 is 0. The van der Waals surface area contributed by atoms with Gasteiger partial charge in [-0.1, -0.05) is 18.2 Å². The number of amides is 1. The van der Waals surface area contributed by atoms with Crippen LogP contribution in [0.4, 0.5) is 4.39 Å². The molecule has 0 spiro atoms. The SMILES string of the molecule is COc1ccc(C(=O)N2CCOC(CO)(Cc3ccccc3F)C2)cn1. The molecule has 0 bridgehead atoms. The van der Waals surface area contributed by atoms with E-state index in [9.17, 15) is 14.3 Å². The summed E-state index contributed by atoms with van der Waals surface area (Å²) in [6.07, 6.45) is 1.63. The van der Waals surface area contributed by atoms with E-state index in [1.54, 1.807) is 35.2 Å². The Balaban J connectivity index is 1.77. The molecule has 6 nitrogen and oxygen atoms in total. The number of rotatable bonds is 5. The number of carbonyl (C=O) groups is 1. The molecule has 1 aliphatic heterocycles. The molecule has 0 saturated carbocycles. The van der Waals surface area contributed by atoms with E-state index in [0.717, 1.165) is 0 Å². The molecule has 0 aliphatic carbocycles. The summed E-state index contributed by atoms with van der Waals surface area (Å²) < 4.78 is 24.8. The molecule has 1 aliphatic rings. The number of aromatic nitrogens is 1. The number of hydrogen-bond donors (Lipinski definition) is 1. The summed E-state index contributed by atoms with van der Waals surface area (Å²) in [5.74, 6) is -0.144. The Labute approximate surface area is 151 Å². The molecule has 1 fully saturated rings. The molecule has 138 valence electrons. The van der Waals surface area contributed by atoms with Gasteiger partial charge >= 0.3 is 0 Å². The quantitative estimate of drug-likeness (QED) is 0.878. The van der Waals surface area contributed by atoms with Crippen LogP contribution in [-0.4, -0.2) is 59.9 Å². The Hall–Kier alpha value is -2.51. The van der Waals surface area contributed by atoms with Crippen LogP contribution in [0.15, 0.2) is 42.6 Å². The van der Waals surface area contributed by atoms with Crippen LogP contribution in [0, 0.1) is 5.82 Å². The third-order valence-corrected chi connectivity index (χ3v) is 4.49. The normalized spacial score (nSPS) is 20.0. The van der Waals surface area contributed by atoms with Crippen molar-refractivity contribution in [2.75, 3.05) is 33.4 Å².